The van der Waals surface area contributed by atoms with E-state index in [1.54, 1.807) is 35.1 Å². The third kappa shape index (κ3) is 4.75. The second kappa shape index (κ2) is 8.07. The molecule has 3 aromatic rings. The lowest BCUT2D eigenvalue weighted by Gasteiger charge is -2.06. The van der Waals surface area contributed by atoms with E-state index in [1.165, 1.54) is 24.3 Å². The molecule has 0 unspecified atom stereocenters. The number of nitrogens with zero attached hydrogens (tertiary/aromatic N) is 3. The first-order valence-electron chi connectivity index (χ1n) is 7.62. The molecule has 0 radical (unpaired) electrons. The molecule has 0 aliphatic heterocycles. The Morgan fingerprint density at radius 1 is 1.26 bits per heavy atom. The van der Waals surface area contributed by atoms with Crippen molar-refractivity contribution in [2.75, 3.05) is 5.32 Å². The van der Waals surface area contributed by atoms with Crippen LogP contribution >= 0.6 is 23.2 Å². The number of halogens is 2. The van der Waals surface area contributed by atoms with Gasteiger partial charge >= 0.3 is 5.88 Å². The molecule has 10 heteroatoms. The number of hydrogen-bond donors (Lipinski definition) is 1. The molecule has 1 amide bonds. The van der Waals surface area contributed by atoms with Gasteiger partial charge in [-0.05, 0) is 24.3 Å². The highest BCUT2D eigenvalue weighted by atomic mass is 35.5. The van der Waals surface area contributed by atoms with Crippen molar-refractivity contribution in [2.24, 2.45) is 0 Å². The molecule has 0 aliphatic carbocycles. The van der Waals surface area contributed by atoms with Gasteiger partial charge in [-0.3, -0.25) is 19.6 Å². The van der Waals surface area contributed by atoms with Crippen molar-refractivity contribution in [1.29, 1.82) is 0 Å². The highest BCUT2D eigenvalue weighted by molar-refractivity contribution is 6.35. The molecule has 3 rings (SSSR count). The van der Waals surface area contributed by atoms with Crippen LogP contribution in [-0.2, 0) is 11.3 Å². The van der Waals surface area contributed by atoms with Crippen LogP contribution < -0.4 is 5.32 Å². The zero-order valence-corrected chi connectivity index (χ0v) is 15.1. The number of nitrogens with one attached hydrogen (secondary N) is 1. The Morgan fingerprint density at radius 3 is 2.67 bits per heavy atom. The Morgan fingerprint density at radius 2 is 2.00 bits per heavy atom. The maximum Gasteiger partial charge on any atom is 0.433 e. The summed E-state index contributed by atoms with van der Waals surface area (Å²) in [4.78, 5) is 21.8. The van der Waals surface area contributed by atoms with Crippen LogP contribution in [0.5, 0.6) is 0 Å². The molecule has 2 heterocycles. The Balaban J connectivity index is 1.62. The number of anilines is 1. The van der Waals surface area contributed by atoms with E-state index in [0.29, 0.717) is 22.4 Å². The number of nitro groups is 1. The molecule has 1 N–H and O–H groups in total. The number of carbonyl (C=O) groups is 1. The fraction of sp³-hybridized carbons (Fsp3) is 0.0588. The molecular formula is C17H12Cl2N4O4. The van der Waals surface area contributed by atoms with Crippen LogP contribution in [0.4, 0.5) is 11.7 Å². The Bertz CT molecular complexity index is 1010. The third-order valence-corrected chi connectivity index (χ3v) is 4.17. The maximum absolute atomic E-state index is 11.9. The van der Waals surface area contributed by atoms with Crippen LogP contribution in [0.3, 0.4) is 0 Å². The number of carbonyl (C=O) groups excluding carboxylic acids is 1. The predicted octanol–water partition coefficient (Wildman–Crippen LogP) is 4.39. The largest absolute Gasteiger partial charge is 0.433 e. The minimum atomic E-state index is -0.657. The fourth-order valence-electron chi connectivity index (χ4n) is 2.22. The minimum absolute atomic E-state index is 0.191. The average molecular weight is 407 g/mol. The van der Waals surface area contributed by atoms with E-state index in [-0.39, 0.29) is 5.76 Å². The van der Waals surface area contributed by atoms with Gasteiger partial charge < -0.3 is 9.73 Å². The summed E-state index contributed by atoms with van der Waals surface area (Å²) < 4.78 is 6.51. The normalized spacial score (nSPS) is 11.0. The minimum Gasteiger partial charge on any atom is -0.401 e. The smallest absolute Gasteiger partial charge is 0.401 e. The van der Waals surface area contributed by atoms with Gasteiger partial charge in [0.25, 0.3) is 0 Å². The van der Waals surface area contributed by atoms with Gasteiger partial charge in [0, 0.05) is 33.9 Å². The van der Waals surface area contributed by atoms with Crippen LogP contribution in [0.25, 0.3) is 6.08 Å². The molecule has 27 heavy (non-hydrogen) atoms. The molecule has 0 fully saturated rings. The first-order valence-corrected chi connectivity index (χ1v) is 8.37. The zero-order valence-electron chi connectivity index (χ0n) is 13.6. The Kier molecular flexibility index (Phi) is 5.58. The standard InChI is InChI=1S/C17H12Cl2N4O4/c18-13-2-1-3-14(19)12(13)10-22-9-8-15(21-22)20-16(24)6-4-11-5-7-17(27-11)23(25)26/h1-9H,10H2,(H,20,21,24)/b6-4+. The molecule has 0 saturated carbocycles. The van der Waals surface area contributed by atoms with E-state index >= 15 is 0 Å². The molecule has 138 valence electrons. The summed E-state index contributed by atoms with van der Waals surface area (Å²) in [5, 5.41) is 18.4. The van der Waals surface area contributed by atoms with Crippen LogP contribution in [0.15, 0.2) is 53.1 Å². The van der Waals surface area contributed by atoms with Crippen LogP contribution in [0, 0.1) is 10.1 Å². The topological polar surface area (TPSA) is 103 Å². The molecule has 0 atom stereocenters. The van der Waals surface area contributed by atoms with Gasteiger partial charge in [-0.25, -0.2) is 0 Å². The van der Waals surface area contributed by atoms with Crippen molar-refractivity contribution in [3.63, 3.8) is 0 Å². The van der Waals surface area contributed by atoms with Crippen molar-refractivity contribution in [3.8, 4) is 0 Å². The van der Waals surface area contributed by atoms with Gasteiger partial charge in [-0.2, -0.15) is 5.10 Å². The number of amides is 1. The quantitative estimate of drug-likeness (QED) is 0.371. The van der Waals surface area contributed by atoms with Gasteiger partial charge in [0.1, 0.15) is 10.7 Å². The van der Waals surface area contributed by atoms with Gasteiger partial charge in [0.2, 0.25) is 5.91 Å². The average Bonchev–Trinajstić information content (AvgIpc) is 3.26. The molecule has 0 bridgehead atoms. The van der Waals surface area contributed by atoms with Crippen molar-refractivity contribution in [1.82, 2.24) is 9.78 Å². The fourth-order valence-corrected chi connectivity index (χ4v) is 2.73. The number of benzene rings is 1. The molecular weight excluding hydrogens is 395 g/mol. The molecule has 0 spiro atoms. The number of rotatable bonds is 6. The molecule has 0 saturated heterocycles. The molecule has 0 aliphatic rings. The molecule has 8 nitrogen and oxygen atoms in total. The van der Waals surface area contributed by atoms with Crippen LogP contribution in [0.2, 0.25) is 10.0 Å². The van der Waals surface area contributed by atoms with E-state index in [4.69, 9.17) is 27.6 Å². The number of hydrogen-bond acceptors (Lipinski definition) is 5. The van der Waals surface area contributed by atoms with E-state index in [1.807, 2.05) is 0 Å². The lowest BCUT2D eigenvalue weighted by molar-refractivity contribution is -0.402. The zero-order chi connectivity index (χ0) is 19.4. The number of aromatic nitrogens is 2. The summed E-state index contributed by atoms with van der Waals surface area (Å²) >= 11 is 12.3. The summed E-state index contributed by atoms with van der Waals surface area (Å²) in [6.45, 7) is 0.347. The Labute approximate surface area is 163 Å². The van der Waals surface area contributed by atoms with Crippen LogP contribution in [0.1, 0.15) is 11.3 Å². The predicted molar refractivity (Wildman–Crippen MR) is 101 cm³/mol. The summed E-state index contributed by atoms with van der Waals surface area (Å²) in [6.07, 6.45) is 4.18. The van der Waals surface area contributed by atoms with Gasteiger partial charge in [0.05, 0.1) is 12.6 Å². The monoisotopic (exact) mass is 406 g/mol. The van der Waals surface area contributed by atoms with E-state index < -0.39 is 16.7 Å². The summed E-state index contributed by atoms with van der Waals surface area (Å²) in [5.41, 5.74) is 0.723. The van der Waals surface area contributed by atoms with E-state index in [2.05, 4.69) is 10.4 Å². The second-order valence-corrected chi connectivity index (χ2v) is 6.17. The van der Waals surface area contributed by atoms with E-state index in [9.17, 15) is 14.9 Å². The SMILES string of the molecule is O=C(/C=C/c1ccc([N+](=O)[O-])o1)Nc1ccn(Cc2c(Cl)cccc2Cl)n1. The van der Waals surface area contributed by atoms with Crippen molar-refractivity contribution >= 4 is 46.9 Å². The molecule has 1 aromatic carbocycles. The second-order valence-electron chi connectivity index (χ2n) is 5.35. The maximum atomic E-state index is 11.9. The highest BCUT2D eigenvalue weighted by Gasteiger charge is 2.11. The van der Waals surface area contributed by atoms with Gasteiger partial charge in [0.15, 0.2) is 5.82 Å². The van der Waals surface area contributed by atoms with Crippen molar-refractivity contribution in [3.05, 3.63) is 80.2 Å². The summed E-state index contributed by atoms with van der Waals surface area (Å²) in [6, 6.07) is 9.44. The lowest BCUT2D eigenvalue weighted by Crippen LogP contribution is -2.09. The van der Waals surface area contributed by atoms with E-state index in [0.717, 1.165) is 5.56 Å². The van der Waals surface area contributed by atoms with Crippen molar-refractivity contribution in [2.45, 2.75) is 6.54 Å². The van der Waals surface area contributed by atoms with Crippen LogP contribution in [-0.4, -0.2) is 20.6 Å². The lowest BCUT2D eigenvalue weighted by atomic mass is 10.2. The third-order valence-electron chi connectivity index (χ3n) is 3.47. The van der Waals surface area contributed by atoms with Gasteiger partial charge in [-0.1, -0.05) is 29.3 Å². The van der Waals surface area contributed by atoms with Crippen molar-refractivity contribution < 1.29 is 14.1 Å². The Hall–Kier alpha value is -3.10. The van der Waals surface area contributed by atoms with Gasteiger partial charge in [-0.15, -0.1) is 0 Å². The molecule has 2 aromatic heterocycles. The first-order chi connectivity index (χ1) is 12.9. The summed E-state index contributed by atoms with van der Waals surface area (Å²) in [7, 11) is 0. The summed E-state index contributed by atoms with van der Waals surface area (Å²) in [5.74, 6) is -0.337. The highest BCUT2D eigenvalue weighted by Crippen LogP contribution is 2.25. The number of furan rings is 1. The first kappa shape index (κ1) is 18.7.